The summed E-state index contributed by atoms with van der Waals surface area (Å²) in [7, 11) is -1.71. The number of terminal acetylenes is 2. The van der Waals surface area contributed by atoms with Gasteiger partial charge in [0.05, 0.1) is 0 Å². The number of benzene rings is 1. The van der Waals surface area contributed by atoms with Crippen molar-refractivity contribution in [3.05, 3.63) is 30.3 Å². The van der Waals surface area contributed by atoms with E-state index in [4.69, 9.17) is 26.4 Å². The van der Waals surface area contributed by atoms with Crippen LogP contribution in [-0.4, -0.2) is 11.2 Å². The van der Waals surface area contributed by atoms with Gasteiger partial charge in [0.15, 0.2) is 0 Å². The molecule has 20 heavy (non-hydrogen) atoms. The third-order valence-corrected chi connectivity index (χ3v) is 3.79. The highest BCUT2D eigenvalue weighted by atomic mass is 31.2. The van der Waals surface area contributed by atoms with Crippen molar-refractivity contribution in [1.29, 1.82) is 0 Å². The molecule has 3 nitrogen and oxygen atoms in total. The van der Waals surface area contributed by atoms with Crippen LogP contribution in [0.25, 0.3) is 0 Å². The van der Waals surface area contributed by atoms with Crippen LogP contribution in [-0.2, 0) is 9.05 Å². The molecule has 0 saturated carbocycles. The summed E-state index contributed by atoms with van der Waals surface area (Å²) >= 11 is 0. The van der Waals surface area contributed by atoms with Gasteiger partial charge in [-0.3, -0.25) is 9.05 Å². The maximum atomic E-state index is 5.72. The lowest BCUT2D eigenvalue weighted by Crippen LogP contribution is -2.25. The first kappa shape index (κ1) is 16.5. The lowest BCUT2D eigenvalue weighted by molar-refractivity contribution is 0.0849. The van der Waals surface area contributed by atoms with Crippen molar-refractivity contribution in [2.75, 3.05) is 0 Å². The van der Waals surface area contributed by atoms with Crippen LogP contribution in [0.3, 0.4) is 0 Å². The van der Waals surface area contributed by atoms with E-state index in [1.165, 1.54) is 0 Å². The molecule has 1 rings (SSSR count). The predicted octanol–water partition coefficient (Wildman–Crippen LogP) is 4.15. The van der Waals surface area contributed by atoms with Crippen LogP contribution in [0, 0.1) is 24.7 Å². The minimum atomic E-state index is -1.71. The Morgan fingerprint density at radius 1 is 0.900 bits per heavy atom. The van der Waals surface area contributed by atoms with Gasteiger partial charge in [-0.1, -0.05) is 30.0 Å². The lowest BCUT2D eigenvalue weighted by atomic mass is 10.2. The van der Waals surface area contributed by atoms with Gasteiger partial charge in [-0.15, -0.1) is 12.8 Å². The van der Waals surface area contributed by atoms with E-state index in [9.17, 15) is 0 Å². The average molecular weight is 290 g/mol. The van der Waals surface area contributed by atoms with Gasteiger partial charge in [-0.25, -0.2) is 0 Å². The fraction of sp³-hybridized carbons (Fsp3) is 0.375. The Morgan fingerprint density at radius 2 is 1.35 bits per heavy atom. The third kappa shape index (κ3) is 5.64. The molecule has 0 fully saturated rings. The summed E-state index contributed by atoms with van der Waals surface area (Å²) in [5, 5.41) is 0. The molecule has 0 spiro atoms. The molecule has 0 saturated heterocycles. The summed E-state index contributed by atoms with van der Waals surface area (Å²) in [6, 6.07) is 9.25. The van der Waals surface area contributed by atoms with E-state index < -0.39 is 19.8 Å². The average Bonchev–Trinajstić information content (AvgIpc) is 2.39. The van der Waals surface area contributed by atoms with Gasteiger partial charge in [-0.05, 0) is 39.8 Å². The van der Waals surface area contributed by atoms with Crippen LogP contribution in [0.5, 0.6) is 5.75 Å². The van der Waals surface area contributed by atoms with Crippen molar-refractivity contribution in [3.8, 4) is 30.4 Å². The Balaban J connectivity index is 2.86. The molecule has 0 aliphatic rings. The summed E-state index contributed by atoms with van der Waals surface area (Å²) in [6.07, 6.45) is 10.9. The molecule has 0 N–H and O–H groups in total. The Kier molecular flexibility index (Phi) is 5.61. The van der Waals surface area contributed by atoms with Gasteiger partial charge >= 0.3 is 8.60 Å². The van der Waals surface area contributed by atoms with Gasteiger partial charge in [0.25, 0.3) is 0 Å². The van der Waals surface area contributed by atoms with Crippen LogP contribution in [0.1, 0.15) is 27.7 Å². The minimum absolute atomic E-state index is 0.638. The molecule has 0 unspecified atom stereocenters. The first-order chi connectivity index (χ1) is 9.28. The number of rotatable bonds is 6. The Bertz CT molecular complexity index is 481. The van der Waals surface area contributed by atoms with Crippen LogP contribution in [0.15, 0.2) is 30.3 Å². The molecule has 0 aromatic heterocycles. The van der Waals surface area contributed by atoms with E-state index in [1.807, 2.05) is 30.3 Å². The molecule has 0 radical (unpaired) electrons. The van der Waals surface area contributed by atoms with Crippen molar-refractivity contribution in [2.24, 2.45) is 0 Å². The molecule has 0 atom stereocenters. The molecule has 0 bridgehead atoms. The zero-order valence-electron chi connectivity index (χ0n) is 12.2. The maximum absolute atomic E-state index is 5.72. The van der Waals surface area contributed by atoms with Crippen molar-refractivity contribution >= 4 is 8.60 Å². The molecule has 0 amide bonds. The fourth-order valence-electron chi connectivity index (χ4n) is 1.05. The summed E-state index contributed by atoms with van der Waals surface area (Å²) in [5.41, 5.74) is -1.60. The first-order valence-electron chi connectivity index (χ1n) is 6.15. The predicted molar refractivity (Wildman–Crippen MR) is 82.0 cm³/mol. The van der Waals surface area contributed by atoms with E-state index in [1.54, 1.807) is 27.7 Å². The number of para-hydroxylation sites is 1. The topological polar surface area (TPSA) is 27.7 Å². The molecule has 0 aliphatic heterocycles. The second-order valence-electron chi connectivity index (χ2n) is 5.12. The standard InChI is InChI=1S/C16H19O3P/c1-7-15(3,4)18-20(19-16(5,6)8-2)17-14-12-10-9-11-13-14/h1-2,9-13H,3-6H3. The van der Waals surface area contributed by atoms with Gasteiger partial charge < -0.3 is 4.52 Å². The Hall–Kier alpha value is -1.51. The highest BCUT2D eigenvalue weighted by molar-refractivity contribution is 7.42. The molecule has 4 heteroatoms. The molecular weight excluding hydrogens is 271 g/mol. The quantitative estimate of drug-likeness (QED) is 0.582. The third-order valence-electron chi connectivity index (χ3n) is 2.22. The second-order valence-corrected chi connectivity index (χ2v) is 6.11. The number of hydrogen-bond donors (Lipinski definition) is 0. The van der Waals surface area contributed by atoms with E-state index in [0.717, 1.165) is 0 Å². The SMILES string of the molecule is C#CC(C)(C)OP(Oc1ccccc1)OC(C)(C)C#C. The van der Waals surface area contributed by atoms with E-state index >= 15 is 0 Å². The van der Waals surface area contributed by atoms with Crippen LogP contribution >= 0.6 is 8.60 Å². The van der Waals surface area contributed by atoms with E-state index in [0.29, 0.717) is 5.75 Å². The molecule has 106 valence electrons. The first-order valence-corrected chi connectivity index (χ1v) is 7.24. The highest BCUT2D eigenvalue weighted by Gasteiger charge is 2.31. The number of hydrogen-bond acceptors (Lipinski definition) is 3. The van der Waals surface area contributed by atoms with Gasteiger partial charge in [0.1, 0.15) is 17.0 Å². The summed E-state index contributed by atoms with van der Waals surface area (Å²) in [4.78, 5) is 0. The van der Waals surface area contributed by atoms with Crippen molar-refractivity contribution in [3.63, 3.8) is 0 Å². The lowest BCUT2D eigenvalue weighted by Gasteiger charge is -2.29. The minimum Gasteiger partial charge on any atom is -0.427 e. The summed E-state index contributed by atoms with van der Waals surface area (Å²) in [6.45, 7) is 7.07. The Morgan fingerprint density at radius 3 is 1.75 bits per heavy atom. The zero-order chi connectivity index (χ0) is 15.2. The van der Waals surface area contributed by atoms with Crippen LogP contribution in [0.4, 0.5) is 0 Å². The molecule has 0 aliphatic carbocycles. The monoisotopic (exact) mass is 290 g/mol. The molecule has 1 aromatic rings. The van der Waals surface area contributed by atoms with Gasteiger partial charge in [0.2, 0.25) is 0 Å². The Labute approximate surface area is 122 Å². The van der Waals surface area contributed by atoms with E-state index in [-0.39, 0.29) is 0 Å². The highest BCUT2D eigenvalue weighted by Crippen LogP contribution is 2.47. The summed E-state index contributed by atoms with van der Waals surface area (Å²) in [5.74, 6) is 5.73. The van der Waals surface area contributed by atoms with Gasteiger partial charge in [0, 0.05) is 0 Å². The van der Waals surface area contributed by atoms with Crippen LogP contribution in [0.2, 0.25) is 0 Å². The van der Waals surface area contributed by atoms with Crippen LogP contribution < -0.4 is 4.52 Å². The zero-order valence-corrected chi connectivity index (χ0v) is 13.1. The smallest absolute Gasteiger partial charge is 0.400 e. The van der Waals surface area contributed by atoms with Crippen molar-refractivity contribution in [1.82, 2.24) is 0 Å². The van der Waals surface area contributed by atoms with Crippen molar-refractivity contribution < 1.29 is 13.6 Å². The molecule has 0 heterocycles. The van der Waals surface area contributed by atoms with Crippen molar-refractivity contribution in [2.45, 2.75) is 38.9 Å². The molecule has 1 aromatic carbocycles. The fourth-order valence-corrected chi connectivity index (χ4v) is 2.31. The second kappa shape index (κ2) is 6.78. The normalized spacial score (nSPS) is 11.8. The molecular formula is C16H19O3P. The maximum Gasteiger partial charge on any atom is 0.400 e. The van der Waals surface area contributed by atoms with Gasteiger partial charge in [-0.2, -0.15) is 0 Å². The van der Waals surface area contributed by atoms with E-state index in [2.05, 4.69) is 11.8 Å². The summed E-state index contributed by atoms with van der Waals surface area (Å²) < 4.78 is 17.2. The largest absolute Gasteiger partial charge is 0.427 e.